The van der Waals surface area contributed by atoms with Crippen LogP contribution in [0.1, 0.15) is 12.5 Å². The standard InChI is InChI=1S/C12H15F3N2O2/c1-8(16-2)11(18)17-7-9-5-3-4-6-10(9)19-12(13,14)15/h3-6,8,16H,7H2,1-2H3,(H,17,18). The summed E-state index contributed by atoms with van der Waals surface area (Å²) in [5.74, 6) is -0.614. The summed E-state index contributed by atoms with van der Waals surface area (Å²) in [7, 11) is 1.62. The molecule has 1 aromatic rings. The lowest BCUT2D eigenvalue weighted by Gasteiger charge is -2.15. The minimum Gasteiger partial charge on any atom is -0.405 e. The van der Waals surface area contributed by atoms with E-state index in [1.807, 2.05) is 0 Å². The minimum atomic E-state index is -4.75. The number of para-hydroxylation sites is 1. The van der Waals surface area contributed by atoms with E-state index < -0.39 is 12.4 Å². The van der Waals surface area contributed by atoms with Gasteiger partial charge in [-0.05, 0) is 20.0 Å². The van der Waals surface area contributed by atoms with Crippen LogP contribution in [0.4, 0.5) is 13.2 Å². The maximum absolute atomic E-state index is 12.2. The van der Waals surface area contributed by atoms with E-state index in [9.17, 15) is 18.0 Å². The molecule has 0 spiro atoms. The molecule has 0 radical (unpaired) electrons. The van der Waals surface area contributed by atoms with Crippen molar-refractivity contribution in [2.45, 2.75) is 25.9 Å². The third kappa shape index (κ3) is 5.17. The molecule has 0 aromatic heterocycles. The Bertz CT molecular complexity index is 435. The molecule has 0 heterocycles. The van der Waals surface area contributed by atoms with Crippen LogP contribution < -0.4 is 15.4 Å². The van der Waals surface area contributed by atoms with Gasteiger partial charge < -0.3 is 15.4 Å². The van der Waals surface area contributed by atoms with Gasteiger partial charge in [0.05, 0.1) is 6.04 Å². The highest BCUT2D eigenvalue weighted by molar-refractivity contribution is 5.81. The van der Waals surface area contributed by atoms with Crippen LogP contribution >= 0.6 is 0 Å². The van der Waals surface area contributed by atoms with Crippen molar-refractivity contribution in [3.63, 3.8) is 0 Å². The van der Waals surface area contributed by atoms with E-state index in [0.29, 0.717) is 0 Å². The quantitative estimate of drug-likeness (QED) is 0.862. The number of likely N-dealkylation sites (N-methyl/N-ethyl adjacent to an activating group) is 1. The topological polar surface area (TPSA) is 50.4 Å². The van der Waals surface area contributed by atoms with E-state index in [-0.39, 0.29) is 23.8 Å². The Labute approximate surface area is 108 Å². The summed E-state index contributed by atoms with van der Waals surface area (Å²) in [6.07, 6.45) is -4.75. The van der Waals surface area contributed by atoms with E-state index >= 15 is 0 Å². The average Bonchev–Trinajstić information content (AvgIpc) is 2.34. The Hall–Kier alpha value is -1.76. The Morgan fingerprint density at radius 1 is 1.37 bits per heavy atom. The van der Waals surface area contributed by atoms with Gasteiger partial charge in [0.2, 0.25) is 5.91 Å². The number of carbonyl (C=O) groups excluding carboxylic acids is 1. The van der Waals surface area contributed by atoms with E-state index in [4.69, 9.17) is 0 Å². The van der Waals surface area contributed by atoms with Crippen LogP contribution in [-0.2, 0) is 11.3 Å². The molecule has 1 amide bonds. The van der Waals surface area contributed by atoms with Gasteiger partial charge >= 0.3 is 6.36 Å². The Balaban J connectivity index is 2.71. The predicted molar refractivity (Wildman–Crippen MR) is 63.5 cm³/mol. The molecule has 0 fully saturated rings. The lowest BCUT2D eigenvalue weighted by molar-refractivity contribution is -0.274. The first-order chi connectivity index (χ1) is 8.83. The molecule has 0 saturated heterocycles. The first kappa shape index (κ1) is 15.3. The molecule has 0 aliphatic heterocycles. The summed E-state index contributed by atoms with van der Waals surface area (Å²) < 4.78 is 40.4. The van der Waals surface area contributed by atoms with Crippen molar-refractivity contribution >= 4 is 5.91 Å². The van der Waals surface area contributed by atoms with E-state index in [2.05, 4.69) is 15.4 Å². The fraction of sp³-hybridized carbons (Fsp3) is 0.417. The van der Waals surface area contributed by atoms with Gasteiger partial charge in [-0.15, -0.1) is 13.2 Å². The van der Waals surface area contributed by atoms with Crippen molar-refractivity contribution < 1.29 is 22.7 Å². The second-order valence-corrected chi connectivity index (χ2v) is 3.88. The third-order valence-electron chi connectivity index (χ3n) is 2.48. The molecule has 0 aliphatic rings. The zero-order valence-electron chi connectivity index (χ0n) is 10.5. The second-order valence-electron chi connectivity index (χ2n) is 3.88. The summed E-state index contributed by atoms with van der Waals surface area (Å²) in [5, 5.41) is 5.26. The molecule has 106 valence electrons. The molecule has 1 aromatic carbocycles. The number of alkyl halides is 3. The minimum absolute atomic E-state index is 0.0306. The largest absolute Gasteiger partial charge is 0.573 e. The summed E-state index contributed by atoms with van der Waals surface area (Å²) in [6.45, 7) is 1.62. The highest BCUT2D eigenvalue weighted by Gasteiger charge is 2.31. The highest BCUT2D eigenvalue weighted by Crippen LogP contribution is 2.25. The number of halogens is 3. The molecule has 2 N–H and O–H groups in total. The van der Waals surface area contributed by atoms with Crippen molar-refractivity contribution in [2.75, 3.05) is 7.05 Å². The number of benzene rings is 1. The molecule has 0 bridgehead atoms. The molecule has 1 unspecified atom stereocenters. The van der Waals surface area contributed by atoms with Crippen molar-refractivity contribution in [3.8, 4) is 5.75 Å². The zero-order chi connectivity index (χ0) is 14.5. The predicted octanol–water partition coefficient (Wildman–Crippen LogP) is 1.81. The molecule has 4 nitrogen and oxygen atoms in total. The smallest absolute Gasteiger partial charge is 0.405 e. The van der Waals surface area contributed by atoms with Crippen molar-refractivity contribution in [1.29, 1.82) is 0 Å². The van der Waals surface area contributed by atoms with Crippen LogP contribution in [0, 0.1) is 0 Å². The van der Waals surface area contributed by atoms with Gasteiger partial charge in [0.1, 0.15) is 5.75 Å². The summed E-state index contributed by atoms with van der Waals surface area (Å²) in [5.41, 5.74) is 0.261. The van der Waals surface area contributed by atoms with Crippen molar-refractivity contribution in [2.24, 2.45) is 0 Å². The van der Waals surface area contributed by atoms with E-state index in [1.165, 1.54) is 18.2 Å². The van der Waals surface area contributed by atoms with Crippen LogP contribution in [0.3, 0.4) is 0 Å². The lowest BCUT2D eigenvalue weighted by Crippen LogP contribution is -2.40. The van der Waals surface area contributed by atoms with Crippen molar-refractivity contribution in [3.05, 3.63) is 29.8 Å². The van der Waals surface area contributed by atoms with Crippen LogP contribution in [0.5, 0.6) is 5.75 Å². The van der Waals surface area contributed by atoms with Crippen LogP contribution in [0.15, 0.2) is 24.3 Å². The monoisotopic (exact) mass is 276 g/mol. The first-order valence-electron chi connectivity index (χ1n) is 5.62. The zero-order valence-corrected chi connectivity index (χ0v) is 10.5. The molecular formula is C12H15F3N2O2. The SMILES string of the molecule is CNC(C)C(=O)NCc1ccccc1OC(F)(F)F. The maximum atomic E-state index is 12.2. The van der Waals surface area contributed by atoms with E-state index in [0.717, 1.165) is 0 Å². The third-order valence-corrected chi connectivity index (χ3v) is 2.48. The number of carbonyl (C=O) groups is 1. The van der Waals surface area contributed by atoms with Gasteiger partial charge in [0.15, 0.2) is 0 Å². The van der Waals surface area contributed by atoms with Crippen LogP contribution in [0.2, 0.25) is 0 Å². The van der Waals surface area contributed by atoms with Gasteiger partial charge in [0, 0.05) is 12.1 Å². The maximum Gasteiger partial charge on any atom is 0.573 e. The van der Waals surface area contributed by atoms with Gasteiger partial charge in [-0.2, -0.15) is 0 Å². The number of amides is 1. The number of ether oxygens (including phenoxy) is 1. The average molecular weight is 276 g/mol. The molecule has 19 heavy (non-hydrogen) atoms. The second kappa shape index (κ2) is 6.42. The Morgan fingerprint density at radius 3 is 2.58 bits per heavy atom. The first-order valence-corrected chi connectivity index (χ1v) is 5.62. The Morgan fingerprint density at radius 2 is 2.00 bits per heavy atom. The fourth-order valence-electron chi connectivity index (χ4n) is 1.34. The summed E-state index contributed by atoms with van der Waals surface area (Å²) >= 11 is 0. The summed E-state index contributed by atoms with van der Waals surface area (Å²) in [4.78, 5) is 11.5. The number of rotatable bonds is 5. The molecule has 1 atom stereocenters. The Kier molecular flexibility index (Phi) is 5.17. The summed E-state index contributed by atoms with van der Waals surface area (Å²) in [6, 6.07) is 5.26. The van der Waals surface area contributed by atoms with Gasteiger partial charge in [0.25, 0.3) is 0 Å². The fourth-order valence-corrected chi connectivity index (χ4v) is 1.34. The van der Waals surface area contributed by atoms with Gasteiger partial charge in [-0.25, -0.2) is 0 Å². The molecule has 1 rings (SSSR count). The molecular weight excluding hydrogens is 261 g/mol. The van der Waals surface area contributed by atoms with Gasteiger partial charge in [-0.3, -0.25) is 4.79 Å². The molecule has 0 saturated carbocycles. The number of hydrogen-bond acceptors (Lipinski definition) is 3. The molecule has 7 heteroatoms. The van der Waals surface area contributed by atoms with Crippen LogP contribution in [-0.4, -0.2) is 25.4 Å². The van der Waals surface area contributed by atoms with Crippen molar-refractivity contribution in [1.82, 2.24) is 10.6 Å². The lowest BCUT2D eigenvalue weighted by atomic mass is 10.2. The normalized spacial score (nSPS) is 12.9. The number of nitrogens with one attached hydrogen (secondary N) is 2. The van der Waals surface area contributed by atoms with Gasteiger partial charge in [-0.1, -0.05) is 18.2 Å². The highest BCUT2D eigenvalue weighted by atomic mass is 19.4. The number of hydrogen-bond donors (Lipinski definition) is 2. The van der Waals surface area contributed by atoms with E-state index in [1.54, 1.807) is 20.0 Å². The van der Waals surface area contributed by atoms with Crippen LogP contribution in [0.25, 0.3) is 0 Å². The molecule has 0 aliphatic carbocycles.